The van der Waals surface area contributed by atoms with Gasteiger partial charge < -0.3 is 20.1 Å². The van der Waals surface area contributed by atoms with Crippen LogP contribution < -0.4 is 24.8 Å². The number of aliphatic imine (C=N–C) groups is 1. The zero-order valence-electron chi connectivity index (χ0n) is 16.9. The third-order valence-corrected chi connectivity index (χ3v) is 5.67. The van der Waals surface area contributed by atoms with E-state index in [2.05, 4.69) is 20.3 Å². The lowest BCUT2D eigenvalue weighted by Gasteiger charge is -2.15. The van der Waals surface area contributed by atoms with E-state index in [0.29, 0.717) is 35.6 Å². The first-order valence-electron chi connectivity index (χ1n) is 8.80. The zero-order chi connectivity index (χ0) is 21.3. The quantitative estimate of drug-likeness (QED) is 0.186. The minimum atomic E-state index is -3.62. The molecule has 2 rings (SSSR count). The number of halogens is 2. The fourth-order valence-corrected chi connectivity index (χ4v) is 3.81. The molecule has 8 nitrogen and oxygen atoms in total. The van der Waals surface area contributed by atoms with Crippen LogP contribution in [0.2, 0.25) is 5.02 Å². The fourth-order valence-electron chi connectivity index (χ4n) is 2.48. The highest BCUT2D eigenvalue weighted by Gasteiger charge is 2.13. The number of hydrogen-bond acceptors (Lipinski definition) is 5. The van der Waals surface area contributed by atoms with Crippen LogP contribution in [0.4, 0.5) is 0 Å². The van der Waals surface area contributed by atoms with Crippen molar-refractivity contribution in [1.29, 1.82) is 0 Å². The Hall–Kier alpha value is -1.76. The van der Waals surface area contributed by atoms with Gasteiger partial charge in [0.05, 0.1) is 19.1 Å². The van der Waals surface area contributed by atoms with Crippen LogP contribution in [0, 0.1) is 0 Å². The average molecular weight is 569 g/mol. The van der Waals surface area contributed by atoms with Gasteiger partial charge in [-0.25, -0.2) is 13.1 Å². The second-order valence-electron chi connectivity index (χ2n) is 5.89. The van der Waals surface area contributed by atoms with Crippen LogP contribution in [0.5, 0.6) is 11.5 Å². The summed E-state index contributed by atoms with van der Waals surface area (Å²) in [5.74, 6) is 1.94. The molecule has 0 aromatic heterocycles. The number of guanidine groups is 1. The Morgan fingerprint density at radius 1 is 1.07 bits per heavy atom. The molecule has 2 aromatic rings. The lowest BCUT2D eigenvalue weighted by molar-refractivity contribution is 0.390. The highest BCUT2D eigenvalue weighted by molar-refractivity contribution is 14.0. The normalized spacial score (nSPS) is 11.4. The Labute approximate surface area is 199 Å². The molecule has 0 aliphatic heterocycles. The van der Waals surface area contributed by atoms with Gasteiger partial charge in [0.2, 0.25) is 10.0 Å². The predicted octanol–water partition coefficient (Wildman–Crippen LogP) is 2.62. The number of rotatable bonds is 9. The maximum Gasteiger partial charge on any atom is 0.240 e. The highest BCUT2D eigenvalue weighted by atomic mass is 127. The van der Waals surface area contributed by atoms with Crippen LogP contribution in [-0.4, -0.2) is 48.7 Å². The summed E-state index contributed by atoms with van der Waals surface area (Å²) in [6.07, 6.45) is 0. The van der Waals surface area contributed by atoms with E-state index in [-0.39, 0.29) is 35.4 Å². The van der Waals surface area contributed by atoms with Crippen molar-refractivity contribution in [2.75, 3.05) is 34.4 Å². The van der Waals surface area contributed by atoms with E-state index in [4.69, 9.17) is 21.1 Å². The standard InChI is InChI=1S/C19H25ClN4O4S.HI/c1-21-19(23-13-14-7-8-16(27-2)12-18(14)28-3)22-9-10-24-29(25,26)17-6-4-5-15(20)11-17;/h4-8,11-12,24H,9-10,13H2,1-3H3,(H2,21,22,23);1H. The molecule has 2 aromatic carbocycles. The number of ether oxygens (including phenoxy) is 2. The molecule has 0 unspecified atom stereocenters. The minimum Gasteiger partial charge on any atom is -0.497 e. The van der Waals surface area contributed by atoms with Gasteiger partial charge in [-0.3, -0.25) is 4.99 Å². The van der Waals surface area contributed by atoms with Gasteiger partial charge in [-0.15, -0.1) is 24.0 Å². The molecule has 0 saturated carbocycles. The van der Waals surface area contributed by atoms with Gasteiger partial charge in [0.15, 0.2) is 5.96 Å². The molecule has 0 heterocycles. The van der Waals surface area contributed by atoms with E-state index in [0.717, 1.165) is 5.56 Å². The molecule has 0 atom stereocenters. The van der Waals surface area contributed by atoms with Crippen LogP contribution in [-0.2, 0) is 16.6 Å². The van der Waals surface area contributed by atoms with Gasteiger partial charge >= 0.3 is 0 Å². The number of methoxy groups -OCH3 is 2. The van der Waals surface area contributed by atoms with Crippen molar-refractivity contribution in [1.82, 2.24) is 15.4 Å². The number of nitrogens with one attached hydrogen (secondary N) is 3. The molecule has 0 saturated heterocycles. The average Bonchev–Trinajstić information content (AvgIpc) is 2.73. The summed E-state index contributed by atoms with van der Waals surface area (Å²) >= 11 is 5.85. The first kappa shape index (κ1) is 26.3. The van der Waals surface area contributed by atoms with E-state index < -0.39 is 10.0 Å². The van der Waals surface area contributed by atoms with E-state index in [1.807, 2.05) is 12.1 Å². The van der Waals surface area contributed by atoms with Crippen molar-refractivity contribution in [3.63, 3.8) is 0 Å². The Morgan fingerprint density at radius 3 is 2.47 bits per heavy atom. The summed E-state index contributed by atoms with van der Waals surface area (Å²) in [4.78, 5) is 4.25. The Balaban J connectivity index is 0.00000450. The molecule has 0 aliphatic carbocycles. The van der Waals surface area contributed by atoms with Crippen LogP contribution in [0.15, 0.2) is 52.4 Å². The van der Waals surface area contributed by atoms with Gasteiger partial charge in [-0.2, -0.15) is 0 Å². The monoisotopic (exact) mass is 568 g/mol. The van der Waals surface area contributed by atoms with Crippen LogP contribution in [0.1, 0.15) is 5.56 Å². The van der Waals surface area contributed by atoms with Crippen LogP contribution in [0.3, 0.4) is 0 Å². The van der Waals surface area contributed by atoms with Crippen molar-refractivity contribution >= 4 is 51.6 Å². The van der Waals surface area contributed by atoms with E-state index in [9.17, 15) is 8.42 Å². The molecule has 30 heavy (non-hydrogen) atoms. The molecule has 0 fully saturated rings. The highest BCUT2D eigenvalue weighted by Crippen LogP contribution is 2.24. The summed E-state index contributed by atoms with van der Waals surface area (Å²) in [6.45, 7) is 1.00. The molecule has 0 radical (unpaired) electrons. The van der Waals surface area contributed by atoms with E-state index in [1.54, 1.807) is 39.5 Å². The lowest BCUT2D eigenvalue weighted by atomic mass is 10.2. The zero-order valence-corrected chi connectivity index (χ0v) is 20.8. The predicted molar refractivity (Wildman–Crippen MR) is 130 cm³/mol. The second-order valence-corrected chi connectivity index (χ2v) is 8.09. The summed E-state index contributed by atoms with van der Waals surface area (Å²) in [7, 11) is 1.21. The Bertz CT molecular complexity index is 957. The van der Waals surface area contributed by atoms with E-state index >= 15 is 0 Å². The summed E-state index contributed by atoms with van der Waals surface area (Å²) < 4.78 is 37.6. The molecule has 0 spiro atoms. The molecular formula is C19H26ClIN4O4S. The third kappa shape index (κ3) is 7.82. The first-order valence-corrected chi connectivity index (χ1v) is 10.7. The number of hydrogen-bond donors (Lipinski definition) is 3. The Morgan fingerprint density at radius 2 is 1.83 bits per heavy atom. The number of benzene rings is 2. The smallest absolute Gasteiger partial charge is 0.240 e. The minimum absolute atomic E-state index is 0. The van der Waals surface area contributed by atoms with Gasteiger partial charge in [0.25, 0.3) is 0 Å². The van der Waals surface area contributed by atoms with Crippen molar-refractivity contribution < 1.29 is 17.9 Å². The van der Waals surface area contributed by atoms with Crippen molar-refractivity contribution in [3.8, 4) is 11.5 Å². The molecule has 0 aliphatic rings. The van der Waals surface area contributed by atoms with Gasteiger partial charge in [0, 0.05) is 43.3 Å². The molecule has 3 N–H and O–H groups in total. The topological polar surface area (TPSA) is 101 Å². The maximum atomic E-state index is 12.3. The van der Waals surface area contributed by atoms with E-state index in [1.165, 1.54) is 12.1 Å². The summed E-state index contributed by atoms with van der Waals surface area (Å²) in [5, 5.41) is 6.58. The number of nitrogens with zero attached hydrogens (tertiary/aromatic N) is 1. The lowest BCUT2D eigenvalue weighted by Crippen LogP contribution is -2.41. The first-order chi connectivity index (χ1) is 13.9. The van der Waals surface area contributed by atoms with Crippen LogP contribution in [0.25, 0.3) is 0 Å². The maximum absolute atomic E-state index is 12.3. The van der Waals surface area contributed by atoms with Crippen molar-refractivity contribution in [2.24, 2.45) is 4.99 Å². The molecule has 11 heteroatoms. The summed E-state index contributed by atoms with van der Waals surface area (Å²) in [5.41, 5.74) is 0.929. The van der Waals surface area contributed by atoms with Gasteiger partial charge in [-0.1, -0.05) is 17.7 Å². The van der Waals surface area contributed by atoms with Crippen LogP contribution >= 0.6 is 35.6 Å². The number of sulfonamides is 1. The van der Waals surface area contributed by atoms with Crippen molar-refractivity contribution in [3.05, 3.63) is 53.1 Å². The second kappa shape index (κ2) is 12.8. The molecular weight excluding hydrogens is 543 g/mol. The van der Waals surface area contributed by atoms with Crippen molar-refractivity contribution in [2.45, 2.75) is 11.4 Å². The van der Waals surface area contributed by atoms with Gasteiger partial charge in [-0.05, 0) is 30.3 Å². The largest absolute Gasteiger partial charge is 0.497 e. The molecule has 0 amide bonds. The molecule has 166 valence electrons. The third-order valence-electron chi connectivity index (χ3n) is 3.98. The molecule has 0 bridgehead atoms. The van der Waals surface area contributed by atoms with Gasteiger partial charge in [0.1, 0.15) is 11.5 Å². The SMILES string of the molecule is CN=C(NCCNS(=O)(=O)c1cccc(Cl)c1)NCc1ccc(OC)cc1OC.I. The fraction of sp³-hybridized carbons (Fsp3) is 0.316. The Kier molecular flexibility index (Phi) is 11.2. The summed E-state index contributed by atoms with van der Waals surface area (Å²) in [6, 6.07) is 11.7.